The summed E-state index contributed by atoms with van der Waals surface area (Å²) in [4.78, 5) is 68.3. The van der Waals surface area contributed by atoms with Gasteiger partial charge in [-0.3, -0.25) is 33.4 Å². The molecule has 0 bridgehead atoms. The Hall–Kier alpha value is -3.45. The first-order valence-electron chi connectivity index (χ1n) is 19.2. The lowest BCUT2D eigenvalue weighted by Gasteiger charge is -2.43. The molecule has 1 amide bonds. The Morgan fingerprint density at radius 3 is 2.15 bits per heavy atom. The molecule has 348 valence electrons. The summed E-state index contributed by atoms with van der Waals surface area (Å²) in [5.41, 5.74) is -2.15. The molecule has 2 saturated heterocycles. The first kappa shape index (κ1) is 51.9. The van der Waals surface area contributed by atoms with E-state index < -0.39 is 120 Å². The zero-order valence-electron chi connectivity index (χ0n) is 35.3. The van der Waals surface area contributed by atoms with E-state index in [1.165, 1.54) is 5.32 Å². The highest BCUT2D eigenvalue weighted by atomic mass is 31.2. The van der Waals surface area contributed by atoms with Crippen LogP contribution in [0.2, 0.25) is 19.6 Å². The van der Waals surface area contributed by atoms with Crippen molar-refractivity contribution >= 4 is 40.9 Å². The van der Waals surface area contributed by atoms with Crippen molar-refractivity contribution in [2.24, 2.45) is 4.99 Å². The summed E-state index contributed by atoms with van der Waals surface area (Å²) in [7, 11) is -3.21. The Morgan fingerprint density at radius 2 is 1.62 bits per heavy atom. The summed E-state index contributed by atoms with van der Waals surface area (Å²) in [5, 5.41) is 1.54. The third-order valence-corrected chi connectivity index (χ3v) is 12.3. The third kappa shape index (κ3) is 15.7. The largest absolute Gasteiger partial charge is 0.573 e. The monoisotopic (exact) mass is 925 g/mol. The van der Waals surface area contributed by atoms with Crippen molar-refractivity contribution in [2.75, 3.05) is 19.3 Å². The van der Waals surface area contributed by atoms with Crippen LogP contribution in [0.3, 0.4) is 0 Å². The average molecular weight is 926 g/mol. The fraction of sp³-hybridized carbons (Fsp3) is 0.771. The van der Waals surface area contributed by atoms with Crippen molar-refractivity contribution in [1.82, 2.24) is 19.5 Å². The van der Waals surface area contributed by atoms with Crippen LogP contribution in [-0.4, -0.2) is 134 Å². The van der Waals surface area contributed by atoms with E-state index in [0.717, 1.165) is 24.6 Å². The first-order valence-corrected chi connectivity index (χ1v) is 24.0. The molecule has 3 rings (SSSR count). The Balaban J connectivity index is 2.03. The van der Waals surface area contributed by atoms with Gasteiger partial charge >= 0.3 is 36.1 Å². The molecule has 0 aliphatic carbocycles. The SMILES string of the molecule is CCP(O[C@@H]1C[C@H](n2cc(CO[C@@H]3O[C@H](CNC(=O)C(F)(F)F)[C@@H](OC(C)=O)[C@H](OC(C)=O)[C@H]3N=COC(F)(F)F)c(=O)[nH]c2=O)O[C@@H]1CO[Si](C)(C)C)N(C(C)C)C(C)C. The van der Waals surface area contributed by atoms with Crippen LogP contribution in [0.5, 0.6) is 0 Å². The number of nitrogens with one attached hydrogen (secondary N) is 2. The molecule has 1 aromatic rings. The van der Waals surface area contributed by atoms with E-state index in [1.807, 2.05) is 26.6 Å². The zero-order valence-corrected chi connectivity index (χ0v) is 37.2. The number of hydrogen-bond acceptors (Lipinski definition) is 15. The molecule has 1 aromatic heterocycles. The van der Waals surface area contributed by atoms with Crippen LogP contribution in [-0.2, 0) is 58.4 Å². The number of esters is 2. The van der Waals surface area contributed by atoms with E-state index in [2.05, 4.69) is 47.1 Å². The second-order valence-corrected chi connectivity index (χ2v) is 22.0. The number of carbonyl (C=O) groups excluding carboxylic acids is 3. The van der Waals surface area contributed by atoms with Gasteiger partial charge in [0.2, 0.25) is 0 Å². The van der Waals surface area contributed by atoms with E-state index in [9.17, 15) is 50.3 Å². The summed E-state index contributed by atoms with van der Waals surface area (Å²) in [6.45, 7) is 16.2. The van der Waals surface area contributed by atoms with Crippen LogP contribution in [0, 0.1) is 0 Å². The minimum Gasteiger partial charge on any atom is -0.456 e. The lowest BCUT2D eigenvalue weighted by molar-refractivity contribution is -0.282. The number of alkyl halides is 6. The molecule has 2 aliphatic rings. The van der Waals surface area contributed by atoms with Gasteiger partial charge in [-0.05, 0) is 47.3 Å². The summed E-state index contributed by atoms with van der Waals surface area (Å²) >= 11 is 0. The van der Waals surface area contributed by atoms with Gasteiger partial charge in [-0.1, -0.05) is 6.92 Å². The molecule has 2 fully saturated rings. The van der Waals surface area contributed by atoms with Crippen molar-refractivity contribution in [1.29, 1.82) is 0 Å². The van der Waals surface area contributed by atoms with Crippen LogP contribution >= 0.6 is 8.30 Å². The smallest absolute Gasteiger partial charge is 0.456 e. The number of aliphatic imine (C=N–C) groups is 1. The van der Waals surface area contributed by atoms with Gasteiger partial charge in [0.1, 0.15) is 32.8 Å². The van der Waals surface area contributed by atoms with Crippen molar-refractivity contribution < 1.29 is 78.1 Å². The molecule has 0 radical (unpaired) electrons. The molecule has 0 saturated carbocycles. The van der Waals surface area contributed by atoms with Gasteiger partial charge in [0.15, 0.2) is 33.2 Å². The normalized spacial score (nSPS) is 25.6. The van der Waals surface area contributed by atoms with Gasteiger partial charge in [-0.2, -0.15) is 13.2 Å². The lowest BCUT2D eigenvalue weighted by atomic mass is 9.96. The molecule has 0 spiro atoms. The fourth-order valence-electron chi connectivity index (χ4n) is 6.51. The number of H-pyrrole nitrogens is 1. The van der Waals surface area contributed by atoms with Crippen LogP contribution in [0.4, 0.5) is 26.3 Å². The lowest BCUT2D eigenvalue weighted by Crippen LogP contribution is -2.62. The maximum Gasteiger partial charge on any atom is 0.573 e. The minimum atomic E-state index is -5.37. The van der Waals surface area contributed by atoms with E-state index >= 15 is 0 Å². The van der Waals surface area contributed by atoms with Crippen LogP contribution in [0.15, 0.2) is 20.8 Å². The number of hydrogen-bond donors (Lipinski definition) is 2. The third-order valence-electron chi connectivity index (χ3n) is 8.82. The number of carbonyl (C=O) groups is 3. The van der Waals surface area contributed by atoms with Crippen molar-refractivity contribution in [3.05, 3.63) is 32.6 Å². The van der Waals surface area contributed by atoms with Gasteiger partial charge in [-0.15, -0.1) is 13.2 Å². The molecule has 9 atom stereocenters. The van der Waals surface area contributed by atoms with Gasteiger partial charge in [0.05, 0.1) is 24.9 Å². The Morgan fingerprint density at radius 1 is 1.02 bits per heavy atom. The molecular weight excluding hydrogens is 871 g/mol. The van der Waals surface area contributed by atoms with E-state index in [-0.39, 0.29) is 37.1 Å². The summed E-state index contributed by atoms with van der Waals surface area (Å²) in [5.74, 6) is -4.65. The van der Waals surface area contributed by atoms with Crippen molar-refractivity contribution in [3.8, 4) is 0 Å². The maximum absolute atomic E-state index is 13.3. The standard InChI is InChI=1S/C35H54F6N5O13PSi/c1-11-60(46(18(2)3)19(4)5)59-23-12-26(57-25(23)16-54-61(8,9)10)45-14-22(30(49)44-33(45)51)15-52-31-27(43-17-53-35(39,40)41)29(56-21(7)48)28(55-20(6)47)24(58-31)13-42-32(50)34(36,37)38/h14,17-19,23-29,31H,11-13,15-16H2,1-10H3,(H,42,50)(H,44,49,51)/t23-,24-,25-,26-,27-,28-,29-,31-,60?/m1/s1. The van der Waals surface area contributed by atoms with Crippen LogP contribution in [0.25, 0.3) is 0 Å². The number of ether oxygens (including phenoxy) is 6. The van der Waals surface area contributed by atoms with Gasteiger partial charge in [-0.25, -0.2) is 9.79 Å². The number of aromatic amines is 1. The summed E-state index contributed by atoms with van der Waals surface area (Å²) < 4.78 is 126. The second kappa shape index (κ2) is 21.8. The average Bonchev–Trinajstić information content (AvgIpc) is 3.51. The molecule has 61 heavy (non-hydrogen) atoms. The second-order valence-electron chi connectivity index (χ2n) is 15.5. The fourth-order valence-corrected chi connectivity index (χ4v) is 9.32. The van der Waals surface area contributed by atoms with Crippen molar-refractivity contribution in [3.63, 3.8) is 0 Å². The highest BCUT2D eigenvalue weighted by Crippen LogP contribution is 2.48. The number of rotatable bonds is 19. The number of halogens is 6. The predicted octanol–water partition coefficient (Wildman–Crippen LogP) is 4.23. The number of aromatic nitrogens is 2. The summed E-state index contributed by atoms with van der Waals surface area (Å²) in [6.07, 6.45) is -18.6. The molecule has 2 aliphatic heterocycles. The number of amides is 1. The molecule has 18 nitrogen and oxygen atoms in total. The predicted molar refractivity (Wildman–Crippen MR) is 207 cm³/mol. The van der Waals surface area contributed by atoms with Gasteiger partial charge < -0.3 is 42.7 Å². The van der Waals surface area contributed by atoms with Crippen molar-refractivity contribution in [2.45, 2.75) is 155 Å². The molecular formula is C35H54F6N5O13PSi. The summed E-state index contributed by atoms with van der Waals surface area (Å²) in [6, 6.07) is -1.62. The Bertz CT molecular complexity index is 1790. The van der Waals surface area contributed by atoms with Gasteiger partial charge in [0, 0.05) is 51.3 Å². The Labute approximate surface area is 349 Å². The quantitative estimate of drug-likeness (QED) is 0.0498. The first-order chi connectivity index (χ1) is 28.1. The van der Waals surface area contributed by atoms with Gasteiger partial charge in [0.25, 0.3) is 5.56 Å². The maximum atomic E-state index is 13.3. The van der Waals surface area contributed by atoms with E-state index in [0.29, 0.717) is 6.16 Å². The molecule has 3 heterocycles. The molecule has 26 heteroatoms. The van der Waals surface area contributed by atoms with E-state index in [4.69, 9.17) is 32.6 Å². The molecule has 0 aromatic carbocycles. The zero-order chi connectivity index (χ0) is 46.2. The van der Waals surface area contributed by atoms with Crippen LogP contribution < -0.4 is 16.6 Å². The molecule has 2 N–H and O–H groups in total. The highest BCUT2D eigenvalue weighted by molar-refractivity contribution is 7.50. The van der Waals surface area contributed by atoms with Crippen LogP contribution in [0.1, 0.15) is 66.7 Å². The topological polar surface area (TPSA) is 208 Å². The number of nitrogens with zero attached hydrogens (tertiary/aromatic N) is 3. The van der Waals surface area contributed by atoms with E-state index in [1.54, 1.807) is 0 Å². The molecule has 1 unspecified atom stereocenters. The Kier molecular flexibility index (Phi) is 18.5. The highest BCUT2D eigenvalue weighted by Gasteiger charge is 2.52. The minimum absolute atomic E-state index is 0.103.